The minimum Gasteiger partial charge on any atom is -0.494 e. The molecular weight excluding hydrogens is 290 g/mol. The number of amides is 1. The standard InChI is InChI=1S/C13H17N5O2S/c1-3-20-10-6-4-9(5-7-10)12-16-17-13(18(12)15)21-8(2)11(14)19/h4-8H,3,15H2,1-2H3,(H2,14,19)/t8-/m0/s1. The van der Waals surface area contributed by atoms with Crippen molar-refractivity contribution >= 4 is 17.7 Å². The monoisotopic (exact) mass is 307 g/mol. The van der Waals surface area contributed by atoms with Crippen molar-refractivity contribution in [3.63, 3.8) is 0 Å². The Bertz CT molecular complexity index is 626. The molecule has 0 saturated carbocycles. The van der Waals surface area contributed by atoms with Crippen molar-refractivity contribution in [3.05, 3.63) is 24.3 Å². The Morgan fingerprint density at radius 2 is 2.05 bits per heavy atom. The molecule has 0 bridgehead atoms. The first kappa shape index (κ1) is 15.2. The van der Waals surface area contributed by atoms with Gasteiger partial charge in [-0.1, -0.05) is 11.8 Å². The Morgan fingerprint density at radius 3 is 2.62 bits per heavy atom. The number of nitrogens with zero attached hydrogens (tertiary/aromatic N) is 3. The van der Waals surface area contributed by atoms with E-state index in [0.29, 0.717) is 17.6 Å². The van der Waals surface area contributed by atoms with Crippen molar-refractivity contribution in [3.8, 4) is 17.1 Å². The highest BCUT2D eigenvalue weighted by molar-refractivity contribution is 8.00. The molecule has 0 aliphatic carbocycles. The molecule has 1 amide bonds. The smallest absolute Gasteiger partial charge is 0.230 e. The molecule has 0 unspecified atom stereocenters. The molecule has 1 atom stereocenters. The van der Waals surface area contributed by atoms with E-state index in [0.717, 1.165) is 11.3 Å². The number of rotatable bonds is 6. The second kappa shape index (κ2) is 6.49. The summed E-state index contributed by atoms with van der Waals surface area (Å²) in [6.45, 7) is 4.23. The van der Waals surface area contributed by atoms with E-state index >= 15 is 0 Å². The lowest BCUT2D eigenvalue weighted by Crippen LogP contribution is -2.23. The van der Waals surface area contributed by atoms with Gasteiger partial charge in [0.05, 0.1) is 11.9 Å². The minimum atomic E-state index is -0.426. The van der Waals surface area contributed by atoms with Crippen LogP contribution >= 0.6 is 11.8 Å². The summed E-state index contributed by atoms with van der Waals surface area (Å²) >= 11 is 1.17. The summed E-state index contributed by atoms with van der Waals surface area (Å²) in [4.78, 5) is 11.1. The van der Waals surface area contributed by atoms with Crippen LogP contribution in [0.15, 0.2) is 29.4 Å². The fraction of sp³-hybridized carbons (Fsp3) is 0.308. The summed E-state index contributed by atoms with van der Waals surface area (Å²) in [6, 6.07) is 7.38. The van der Waals surface area contributed by atoms with Crippen LogP contribution in [0.2, 0.25) is 0 Å². The van der Waals surface area contributed by atoms with Crippen LogP contribution in [0.25, 0.3) is 11.4 Å². The molecule has 0 aliphatic rings. The Balaban J connectivity index is 2.21. The van der Waals surface area contributed by atoms with Gasteiger partial charge < -0.3 is 16.3 Å². The lowest BCUT2D eigenvalue weighted by molar-refractivity contribution is -0.117. The molecule has 4 N–H and O–H groups in total. The molecule has 7 nitrogen and oxygen atoms in total. The summed E-state index contributed by atoms with van der Waals surface area (Å²) in [5.41, 5.74) is 6.04. The third kappa shape index (κ3) is 3.46. The molecule has 0 radical (unpaired) electrons. The van der Waals surface area contributed by atoms with Crippen LogP contribution in [-0.2, 0) is 4.79 Å². The summed E-state index contributed by atoms with van der Waals surface area (Å²) in [5, 5.41) is 8.04. The maximum absolute atomic E-state index is 11.1. The normalized spacial score (nSPS) is 12.1. The fourth-order valence-electron chi connectivity index (χ4n) is 1.64. The number of hydrogen-bond acceptors (Lipinski definition) is 6. The Morgan fingerprint density at radius 1 is 1.38 bits per heavy atom. The predicted octanol–water partition coefficient (Wildman–Crippen LogP) is 1.02. The van der Waals surface area contributed by atoms with Gasteiger partial charge in [-0.05, 0) is 38.1 Å². The van der Waals surface area contributed by atoms with Gasteiger partial charge in [0.1, 0.15) is 5.75 Å². The van der Waals surface area contributed by atoms with Crippen LogP contribution in [-0.4, -0.2) is 32.6 Å². The first-order valence-corrected chi connectivity index (χ1v) is 7.30. The van der Waals surface area contributed by atoms with Crippen LogP contribution < -0.4 is 16.3 Å². The Labute approximate surface area is 126 Å². The number of hydrogen-bond donors (Lipinski definition) is 2. The van der Waals surface area contributed by atoms with Crippen LogP contribution in [0, 0.1) is 0 Å². The topological polar surface area (TPSA) is 109 Å². The van der Waals surface area contributed by atoms with Crippen LogP contribution in [0.4, 0.5) is 0 Å². The summed E-state index contributed by atoms with van der Waals surface area (Å²) in [7, 11) is 0. The van der Waals surface area contributed by atoms with Gasteiger partial charge in [-0.3, -0.25) is 4.79 Å². The van der Waals surface area contributed by atoms with Gasteiger partial charge in [-0.2, -0.15) is 0 Å². The molecule has 2 rings (SSSR count). The van der Waals surface area contributed by atoms with Gasteiger partial charge in [-0.25, -0.2) is 4.68 Å². The Kier molecular flexibility index (Phi) is 4.69. The zero-order valence-corrected chi connectivity index (χ0v) is 12.6. The SMILES string of the molecule is CCOc1ccc(-c2nnc(S[C@@H](C)C(N)=O)n2N)cc1. The number of carbonyl (C=O) groups excluding carboxylic acids is 1. The van der Waals surface area contributed by atoms with E-state index < -0.39 is 11.2 Å². The molecule has 0 saturated heterocycles. The van der Waals surface area contributed by atoms with Gasteiger partial charge in [0.2, 0.25) is 11.1 Å². The van der Waals surface area contributed by atoms with Crippen LogP contribution in [0.5, 0.6) is 5.75 Å². The lowest BCUT2D eigenvalue weighted by Gasteiger charge is -2.07. The van der Waals surface area contributed by atoms with E-state index in [-0.39, 0.29) is 0 Å². The molecule has 1 aromatic carbocycles. The number of primary amides is 1. The molecule has 1 heterocycles. The third-order valence-electron chi connectivity index (χ3n) is 2.77. The molecule has 2 aromatic rings. The van der Waals surface area contributed by atoms with Crippen molar-refractivity contribution in [2.24, 2.45) is 5.73 Å². The zero-order valence-electron chi connectivity index (χ0n) is 11.8. The molecule has 112 valence electrons. The first-order valence-electron chi connectivity index (χ1n) is 6.42. The van der Waals surface area contributed by atoms with Gasteiger partial charge in [0, 0.05) is 5.56 Å². The average molecular weight is 307 g/mol. The number of aromatic nitrogens is 3. The van der Waals surface area contributed by atoms with Crippen molar-refractivity contribution in [2.45, 2.75) is 24.3 Å². The van der Waals surface area contributed by atoms with Crippen LogP contribution in [0.1, 0.15) is 13.8 Å². The van der Waals surface area contributed by atoms with E-state index in [4.69, 9.17) is 16.3 Å². The fourth-order valence-corrected chi connectivity index (χ4v) is 2.36. The zero-order chi connectivity index (χ0) is 15.4. The highest BCUT2D eigenvalue weighted by Crippen LogP contribution is 2.25. The minimum absolute atomic E-state index is 0.425. The van der Waals surface area contributed by atoms with Crippen molar-refractivity contribution in [2.75, 3.05) is 12.4 Å². The second-order valence-electron chi connectivity index (χ2n) is 4.30. The molecule has 1 aromatic heterocycles. The number of nitrogen functional groups attached to an aromatic ring is 1. The largest absolute Gasteiger partial charge is 0.494 e. The number of benzene rings is 1. The number of nitrogens with two attached hydrogens (primary N) is 2. The van der Waals surface area contributed by atoms with E-state index in [2.05, 4.69) is 10.2 Å². The average Bonchev–Trinajstić information content (AvgIpc) is 2.81. The molecule has 0 spiro atoms. The highest BCUT2D eigenvalue weighted by atomic mass is 32.2. The van der Waals surface area contributed by atoms with Gasteiger partial charge in [0.15, 0.2) is 5.82 Å². The van der Waals surface area contributed by atoms with Crippen LogP contribution in [0.3, 0.4) is 0 Å². The molecule has 8 heteroatoms. The number of thioether (sulfide) groups is 1. The van der Waals surface area contributed by atoms with E-state index in [9.17, 15) is 4.79 Å². The van der Waals surface area contributed by atoms with Crippen molar-refractivity contribution in [1.29, 1.82) is 0 Å². The van der Waals surface area contributed by atoms with E-state index in [1.165, 1.54) is 16.4 Å². The maximum atomic E-state index is 11.1. The highest BCUT2D eigenvalue weighted by Gasteiger charge is 2.17. The summed E-state index contributed by atoms with van der Waals surface area (Å²) < 4.78 is 6.73. The molecule has 0 fully saturated rings. The van der Waals surface area contributed by atoms with Gasteiger partial charge in [-0.15, -0.1) is 10.2 Å². The third-order valence-corrected chi connectivity index (χ3v) is 3.85. The summed E-state index contributed by atoms with van der Waals surface area (Å²) in [5.74, 6) is 6.83. The maximum Gasteiger partial charge on any atom is 0.230 e. The first-order chi connectivity index (χ1) is 10.0. The van der Waals surface area contributed by atoms with Gasteiger partial charge in [0.25, 0.3) is 0 Å². The van der Waals surface area contributed by atoms with Crippen molar-refractivity contribution < 1.29 is 9.53 Å². The second-order valence-corrected chi connectivity index (χ2v) is 5.60. The Hall–Kier alpha value is -2.22. The van der Waals surface area contributed by atoms with E-state index in [1.54, 1.807) is 6.92 Å². The quantitative estimate of drug-likeness (QED) is 0.609. The molecular formula is C13H17N5O2S. The summed E-state index contributed by atoms with van der Waals surface area (Å²) in [6.07, 6.45) is 0. The number of carbonyl (C=O) groups is 1. The van der Waals surface area contributed by atoms with Gasteiger partial charge >= 0.3 is 0 Å². The van der Waals surface area contributed by atoms with Crippen molar-refractivity contribution in [1.82, 2.24) is 14.9 Å². The molecule has 0 aliphatic heterocycles. The number of ether oxygens (including phenoxy) is 1. The molecule has 21 heavy (non-hydrogen) atoms. The van der Waals surface area contributed by atoms with E-state index in [1.807, 2.05) is 31.2 Å². The lowest BCUT2D eigenvalue weighted by atomic mass is 10.2. The predicted molar refractivity (Wildman–Crippen MR) is 81.3 cm³/mol.